The molecule has 4 nitrogen and oxygen atoms in total. The van der Waals surface area contributed by atoms with Crippen molar-refractivity contribution in [2.75, 3.05) is 6.61 Å². The number of amides is 1. The number of hydrogen-bond acceptors (Lipinski definition) is 4. The van der Waals surface area contributed by atoms with E-state index < -0.39 is 0 Å². The van der Waals surface area contributed by atoms with Gasteiger partial charge >= 0.3 is 0 Å². The van der Waals surface area contributed by atoms with Crippen molar-refractivity contribution < 1.29 is 9.53 Å². The Labute approximate surface area is 161 Å². The van der Waals surface area contributed by atoms with E-state index in [0.29, 0.717) is 29.5 Å². The van der Waals surface area contributed by atoms with E-state index >= 15 is 0 Å². The van der Waals surface area contributed by atoms with Gasteiger partial charge in [-0.15, -0.1) is 11.3 Å². The summed E-state index contributed by atoms with van der Waals surface area (Å²) < 4.78 is 5.52. The van der Waals surface area contributed by atoms with Crippen molar-refractivity contribution in [3.8, 4) is 16.3 Å². The van der Waals surface area contributed by atoms with Crippen LogP contribution in [0.3, 0.4) is 0 Å². The summed E-state index contributed by atoms with van der Waals surface area (Å²) in [6.07, 6.45) is 0. The minimum absolute atomic E-state index is 0.166. The highest BCUT2D eigenvalue weighted by Crippen LogP contribution is 2.32. The smallest absolute Gasteiger partial charge is 0.255 e. The van der Waals surface area contributed by atoms with Crippen LogP contribution in [0.15, 0.2) is 48.5 Å². The molecule has 0 radical (unpaired) electrons. The fourth-order valence-electron chi connectivity index (χ4n) is 2.53. The molecule has 0 saturated carbocycles. The Balaban J connectivity index is 1.75. The molecule has 3 rings (SSSR count). The van der Waals surface area contributed by atoms with Crippen LogP contribution < -0.4 is 10.1 Å². The minimum Gasteiger partial charge on any atom is -0.493 e. The lowest BCUT2D eigenvalue weighted by Crippen LogP contribution is -2.23. The van der Waals surface area contributed by atoms with Crippen LogP contribution in [-0.4, -0.2) is 17.5 Å². The van der Waals surface area contributed by atoms with Gasteiger partial charge in [0.05, 0.1) is 29.4 Å². The molecule has 26 heavy (non-hydrogen) atoms. The third kappa shape index (κ3) is 4.06. The van der Waals surface area contributed by atoms with E-state index in [9.17, 15) is 4.79 Å². The second kappa shape index (κ2) is 8.34. The third-order valence-corrected chi connectivity index (χ3v) is 5.36. The summed E-state index contributed by atoms with van der Waals surface area (Å²) in [5.41, 5.74) is 2.33. The second-order valence-corrected chi connectivity index (χ2v) is 7.11. The van der Waals surface area contributed by atoms with E-state index in [-0.39, 0.29) is 5.91 Å². The monoisotopic (exact) mass is 386 g/mol. The van der Waals surface area contributed by atoms with Crippen LogP contribution in [0, 0.1) is 6.92 Å². The predicted octanol–water partition coefficient (Wildman–Crippen LogP) is 5.10. The number of para-hydroxylation sites is 1. The molecule has 0 unspecified atom stereocenters. The summed E-state index contributed by atoms with van der Waals surface area (Å²) >= 11 is 7.79. The van der Waals surface area contributed by atoms with E-state index in [4.69, 9.17) is 16.3 Å². The van der Waals surface area contributed by atoms with Gasteiger partial charge in [0.15, 0.2) is 0 Å². The first kappa shape index (κ1) is 18.4. The molecule has 0 saturated heterocycles. The minimum atomic E-state index is -0.166. The molecule has 0 fully saturated rings. The van der Waals surface area contributed by atoms with Crippen molar-refractivity contribution in [3.05, 3.63) is 69.7 Å². The summed E-state index contributed by atoms with van der Waals surface area (Å²) in [6, 6.07) is 14.9. The van der Waals surface area contributed by atoms with Gasteiger partial charge in [0.25, 0.3) is 5.91 Å². The Morgan fingerprint density at radius 3 is 2.69 bits per heavy atom. The lowest BCUT2D eigenvalue weighted by molar-refractivity contribution is 0.0947. The van der Waals surface area contributed by atoms with E-state index in [0.717, 1.165) is 21.1 Å². The number of rotatable bonds is 6. The van der Waals surface area contributed by atoms with Gasteiger partial charge in [0, 0.05) is 10.4 Å². The number of nitrogens with zero attached hydrogens (tertiary/aromatic N) is 1. The van der Waals surface area contributed by atoms with Crippen LogP contribution in [0.5, 0.6) is 5.75 Å². The fraction of sp³-hybridized carbons (Fsp3) is 0.200. The topological polar surface area (TPSA) is 51.2 Å². The Hall–Kier alpha value is -2.37. The highest BCUT2D eigenvalue weighted by atomic mass is 35.5. The number of nitrogens with one attached hydrogen (secondary N) is 1. The maximum Gasteiger partial charge on any atom is 0.255 e. The molecule has 1 heterocycles. The molecule has 0 bridgehead atoms. The number of carbonyl (C=O) groups is 1. The van der Waals surface area contributed by atoms with Crippen molar-refractivity contribution in [1.29, 1.82) is 0 Å². The van der Waals surface area contributed by atoms with E-state index in [1.807, 2.05) is 50.2 Å². The summed E-state index contributed by atoms with van der Waals surface area (Å²) in [7, 11) is 0. The van der Waals surface area contributed by atoms with Gasteiger partial charge in [-0.05, 0) is 32.0 Å². The Morgan fingerprint density at radius 2 is 1.92 bits per heavy atom. The van der Waals surface area contributed by atoms with Crippen molar-refractivity contribution >= 4 is 28.8 Å². The van der Waals surface area contributed by atoms with Gasteiger partial charge in [-0.2, -0.15) is 0 Å². The third-order valence-electron chi connectivity index (χ3n) is 3.84. The zero-order valence-electron chi connectivity index (χ0n) is 14.6. The lowest BCUT2D eigenvalue weighted by atomic mass is 10.2. The number of ether oxygens (including phenoxy) is 1. The Bertz CT molecular complexity index is 924. The van der Waals surface area contributed by atoms with Crippen LogP contribution in [0.2, 0.25) is 5.02 Å². The first-order chi connectivity index (χ1) is 12.6. The largest absolute Gasteiger partial charge is 0.493 e. The highest BCUT2D eigenvalue weighted by Gasteiger charge is 2.15. The van der Waals surface area contributed by atoms with Crippen LogP contribution in [0.25, 0.3) is 10.6 Å². The average Bonchev–Trinajstić information content (AvgIpc) is 3.01. The van der Waals surface area contributed by atoms with Gasteiger partial charge in [-0.1, -0.05) is 41.9 Å². The predicted molar refractivity (Wildman–Crippen MR) is 106 cm³/mol. The molecule has 6 heteroatoms. The molecule has 134 valence electrons. The van der Waals surface area contributed by atoms with Gasteiger partial charge in [0.1, 0.15) is 10.8 Å². The molecule has 0 aliphatic rings. The number of thiazole rings is 1. The number of aryl methyl sites for hydroxylation is 1. The standard InChI is InChI=1S/C20H19ClN2O2S/c1-3-25-17-11-7-5-9-15(17)19(24)22-12-18-13(2)23-20(26-18)14-8-4-6-10-16(14)21/h4-11H,3,12H2,1-2H3,(H,22,24). The normalized spacial score (nSPS) is 10.6. The van der Waals surface area contributed by atoms with Gasteiger partial charge < -0.3 is 10.1 Å². The number of hydrogen-bond donors (Lipinski definition) is 1. The lowest BCUT2D eigenvalue weighted by Gasteiger charge is -2.10. The SMILES string of the molecule is CCOc1ccccc1C(=O)NCc1sc(-c2ccccc2Cl)nc1C. The fourth-order valence-corrected chi connectivity index (χ4v) is 3.86. The molecule has 2 aromatic carbocycles. The number of carbonyl (C=O) groups excluding carboxylic acids is 1. The Kier molecular flexibility index (Phi) is 5.91. The summed E-state index contributed by atoms with van der Waals surface area (Å²) in [6.45, 7) is 4.75. The molecule has 0 aliphatic carbocycles. The number of benzene rings is 2. The second-order valence-electron chi connectivity index (χ2n) is 5.62. The van der Waals surface area contributed by atoms with Gasteiger partial charge in [-0.25, -0.2) is 4.98 Å². The maximum absolute atomic E-state index is 12.5. The summed E-state index contributed by atoms with van der Waals surface area (Å²) in [5.74, 6) is 0.423. The average molecular weight is 387 g/mol. The van der Waals surface area contributed by atoms with Gasteiger partial charge in [0.2, 0.25) is 0 Å². The van der Waals surface area contributed by atoms with E-state index in [1.54, 1.807) is 12.1 Å². The molecule has 1 N–H and O–H groups in total. The molecule has 0 spiro atoms. The molecule has 0 atom stereocenters. The molecular weight excluding hydrogens is 368 g/mol. The summed E-state index contributed by atoms with van der Waals surface area (Å²) in [5, 5.41) is 4.48. The van der Waals surface area contributed by atoms with Crippen molar-refractivity contribution in [3.63, 3.8) is 0 Å². The van der Waals surface area contributed by atoms with Crippen molar-refractivity contribution in [1.82, 2.24) is 10.3 Å². The number of halogens is 1. The van der Waals surface area contributed by atoms with Crippen LogP contribution in [0.1, 0.15) is 27.9 Å². The first-order valence-corrected chi connectivity index (χ1v) is 9.50. The van der Waals surface area contributed by atoms with E-state index in [2.05, 4.69) is 10.3 Å². The van der Waals surface area contributed by atoms with Crippen LogP contribution >= 0.6 is 22.9 Å². The van der Waals surface area contributed by atoms with Crippen LogP contribution in [-0.2, 0) is 6.54 Å². The zero-order valence-corrected chi connectivity index (χ0v) is 16.2. The molecule has 0 aliphatic heterocycles. The summed E-state index contributed by atoms with van der Waals surface area (Å²) in [4.78, 5) is 18.1. The van der Waals surface area contributed by atoms with E-state index in [1.165, 1.54) is 11.3 Å². The zero-order chi connectivity index (χ0) is 18.5. The molecule has 1 amide bonds. The van der Waals surface area contributed by atoms with Crippen molar-refractivity contribution in [2.45, 2.75) is 20.4 Å². The quantitative estimate of drug-likeness (QED) is 0.641. The highest BCUT2D eigenvalue weighted by molar-refractivity contribution is 7.15. The maximum atomic E-state index is 12.5. The molecule has 1 aromatic heterocycles. The Morgan fingerprint density at radius 1 is 1.19 bits per heavy atom. The number of aromatic nitrogens is 1. The molecule has 3 aromatic rings. The van der Waals surface area contributed by atoms with Gasteiger partial charge in [-0.3, -0.25) is 4.79 Å². The van der Waals surface area contributed by atoms with Crippen molar-refractivity contribution in [2.24, 2.45) is 0 Å². The first-order valence-electron chi connectivity index (χ1n) is 8.31. The van der Waals surface area contributed by atoms with Crippen LogP contribution in [0.4, 0.5) is 0 Å². The molecular formula is C20H19ClN2O2S.